The number of Topliss-reactive ketones (excluding diaryl/α,β-unsaturated/α-hetero) is 1. The van der Waals surface area contributed by atoms with Crippen molar-refractivity contribution >= 4 is 33.0 Å². The molecule has 4 nitrogen and oxygen atoms in total. The van der Waals surface area contributed by atoms with Crippen molar-refractivity contribution < 1.29 is 9.32 Å². The second-order valence-electron chi connectivity index (χ2n) is 3.42. The molecule has 16 heavy (non-hydrogen) atoms. The van der Waals surface area contributed by atoms with Crippen molar-refractivity contribution in [2.45, 2.75) is 19.8 Å². The molecular weight excluding hydrogens is 292 g/mol. The fourth-order valence-electron chi connectivity index (χ4n) is 1.12. The van der Waals surface area contributed by atoms with Gasteiger partial charge in [0.2, 0.25) is 11.7 Å². The van der Waals surface area contributed by atoms with E-state index in [2.05, 4.69) is 26.1 Å². The molecule has 84 valence electrons. The summed E-state index contributed by atoms with van der Waals surface area (Å²) in [5.41, 5.74) is 0. The zero-order valence-corrected chi connectivity index (χ0v) is 11.1. The second-order valence-corrected chi connectivity index (χ2v) is 5.24. The molecule has 0 fully saturated rings. The molecule has 6 heteroatoms. The number of carbonyl (C=O) groups is 1. The Bertz CT molecular complexity index is 520. The van der Waals surface area contributed by atoms with Gasteiger partial charge in [-0.2, -0.15) is 4.98 Å². The zero-order chi connectivity index (χ0) is 11.7. The Balaban J connectivity index is 2.29. The summed E-state index contributed by atoms with van der Waals surface area (Å²) >= 11 is 4.88. The smallest absolute Gasteiger partial charge is 0.237 e. The molecule has 0 bridgehead atoms. The molecule has 0 aromatic carbocycles. The molecule has 2 aromatic heterocycles. The first-order valence-corrected chi connectivity index (χ1v) is 6.33. The molecular formula is C10H9BrN2O2S. The Morgan fingerprint density at radius 2 is 2.38 bits per heavy atom. The predicted octanol–water partition coefficient (Wildman–Crippen LogP) is 3.25. The van der Waals surface area contributed by atoms with Crippen molar-refractivity contribution in [2.75, 3.05) is 0 Å². The Hall–Kier alpha value is -1.01. The van der Waals surface area contributed by atoms with E-state index < -0.39 is 0 Å². The predicted molar refractivity (Wildman–Crippen MR) is 64.4 cm³/mol. The van der Waals surface area contributed by atoms with Crippen LogP contribution in [0.4, 0.5) is 0 Å². The fraction of sp³-hybridized carbons (Fsp3) is 0.300. The third kappa shape index (κ3) is 2.22. The minimum absolute atomic E-state index is 0.0163. The van der Waals surface area contributed by atoms with Crippen molar-refractivity contribution in [1.29, 1.82) is 0 Å². The summed E-state index contributed by atoms with van der Waals surface area (Å²) in [5.74, 6) is 0.568. The van der Waals surface area contributed by atoms with Gasteiger partial charge in [0.1, 0.15) is 5.78 Å². The first kappa shape index (κ1) is 11.5. The van der Waals surface area contributed by atoms with E-state index in [4.69, 9.17) is 4.52 Å². The molecule has 2 heterocycles. The quantitative estimate of drug-likeness (QED) is 0.873. The zero-order valence-electron chi connectivity index (χ0n) is 8.73. The van der Waals surface area contributed by atoms with E-state index in [1.54, 1.807) is 6.92 Å². The van der Waals surface area contributed by atoms with Gasteiger partial charge < -0.3 is 4.52 Å². The van der Waals surface area contributed by atoms with Crippen molar-refractivity contribution in [3.63, 3.8) is 0 Å². The maximum Gasteiger partial charge on any atom is 0.237 e. The molecule has 0 radical (unpaired) electrons. The Morgan fingerprint density at radius 1 is 1.62 bits per heavy atom. The molecule has 1 atom stereocenters. The molecule has 0 N–H and O–H groups in total. The number of aromatic nitrogens is 2. The lowest BCUT2D eigenvalue weighted by Gasteiger charge is -1.97. The van der Waals surface area contributed by atoms with E-state index in [-0.39, 0.29) is 11.7 Å². The van der Waals surface area contributed by atoms with Crippen LogP contribution in [0.2, 0.25) is 0 Å². The average molecular weight is 301 g/mol. The summed E-state index contributed by atoms with van der Waals surface area (Å²) in [6.45, 7) is 3.26. The van der Waals surface area contributed by atoms with Gasteiger partial charge in [0.05, 0.1) is 10.8 Å². The van der Waals surface area contributed by atoms with Crippen LogP contribution in [-0.2, 0) is 4.79 Å². The third-order valence-corrected chi connectivity index (χ3v) is 3.90. The summed E-state index contributed by atoms with van der Waals surface area (Å²) in [6.07, 6.45) is 0. The highest BCUT2D eigenvalue weighted by atomic mass is 79.9. The van der Waals surface area contributed by atoms with Crippen LogP contribution < -0.4 is 0 Å². The lowest BCUT2D eigenvalue weighted by molar-refractivity contribution is -0.118. The van der Waals surface area contributed by atoms with Crippen LogP contribution in [0.15, 0.2) is 20.4 Å². The van der Waals surface area contributed by atoms with Gasteiger partial charge in [-0.15, -0.1) is 11.3 Å². The van der Waals surface area contributed by atoms with Gasteiger partial charge in [-0.1, -0.05) is 5.16 Å². The van der Waals surface area contributed by atoms with Crippen molar-refractivity contribution in [3.05, 3.63) is 21.8 Å². The number of rotatable bonds is 3. The standard InChI is InChI=1S/C10H9BrN2O2S/c1-5(6(2)14)10-12-9(13-15-10)8-3-7(11)4-16-8/h3-5H,1-2H3. The molecule has 0 amide bonds. The molecule has 0 aliphatic heterocycles. The number of thiophene rings is 1. The number of hydrogen-bond donors (Lipinski definition) is 0. The van der Waals surface area contributed by atoms with Gasteiger partial charge in [-0.25, -0.2) is 0 Å². The topological polar surface area (TPSA) is 56.0 Å². The number of ketones is 1. The first-order chi connectivity index (χ1) is 7.58. The average Bonchev–Trinajstić information content (AvgIpc) is 2.84. The summed E-state index contributed by atoms with van der Waals surface area (Å²) < 4.78 is 6.05. The minimum Gasteiger partial charge on any atom is -0.338 e. The van der Waals surface area contributed by atoms with Crippen LogP contribution in [0.25, 0.3) is 10.7 Å². The Morgan fingerprint density at radius 3 is 2.94 bits per heavy atom. The second kappa shape index (κ2) is 4.47. The molecule has 2 rings (SSSR count). The van der Waals surface area contributed by atoms with Crippen LogP contribution in [0.5, 0.6) is 0 Å². The Kier molecular flexibility index (Phi) is 3.20. The molecule has 0 saturated heterocycles. The van der Waals surface area contributed by atoms with E-state index in [0.717, 1.165) is 9.35 Å². The molecule has 0 saturated carbocycles. The van der Waals surface area contributed by atoms with Gasteiger partial charge >= 0.3 is 0 Å². The number of hydrogen-bond acceptors (Lipinski definition) is 5. The maximum atomic E-state index is 11.2. The third-order valence-electron chi connectivity index (χ3n) is 2.21. The monoisotopic (exact) mass is 300 g/mol. The Labute approximate surface area is 105 Å². The molecule has 0 spiro atoms. The summed E-state index contributed by atoms with van der Waals surface area (Å²) in [4.78, 5) is 16.3. The highest BCUT2D eigenvalue weighted by Crippen LogP contribution is 2.28. The first-order valence-electron chi connectivity index (χ1n) is 4.66. The van der Waals surface area contributed by atoms with Crippen molar-refractivity contribution in [3.8, 4) is 10.7 Å². The van der Waals surface area contributed by atoms with Crippen LogP contribution in [0, 0.1) is 0 Å². The normalized spacial score (nSPS) is 12.7. The summed E-state index contributed by atoms with van der Waals surface area (Å²) in [7, 11) is 0. The van der Waals surface area contributed by atoms with Crippen molar-refractivity contribution in [1.82, 2.24) is 10.1 Å². The van der Waals surface area contributed by atoms with Gasteiger partial charge in [-0.05, 0) is 35.8 Å². The van der Waals surface area contributed by atoms with Gasteiger partial charge in [0.15, 0.2) is 0 Å². The number of halogens is 1. The van der Waals surface area contributed by atoms with E-state index in [1.807, 2.05) is 11.4 Å². The lowest BCUT2D eigenvalue weighted by atomic mass is 10.1. The molecule has 0 aliphatic carbocycles. The van der Waals surface area contributed by atoms with E-state index in [9.17, 15) is 4.79 Å². The minimum atomic E-state index is -0.343. The highest BCUT2D eigenvalue weighted by Gasteiger charge is 2.19. The van der Waals surface area contributed by atoms with Crippen LogP contribution >= 0.6 is 27.3 Å². The largest absolute Gasteiger partial charge is 0.338 e. The van der Waals surface area contributed by atoms with E-state index in [0.29, 0.717) is 11.7 Å². The van der Waals surface area contributed by atoms with Crippen LogP contribution in [-0.4, -0.2) is 15.9 Å². The molecule has 1 unspecified atom stereocenters. The number of carbonyl (C=O) groups excluding carboxylic acids is 1. The maximum absolute atomic E-state index is 11.2. The molecule has 0 aliphatic rings. The van der Waals surface area contributed by atoms with Crippen molar-refractivity contribution in [2.24, 2.45) is 0 Å². The fourth-order valence-corrected chi connectivity index (χ4v) is 2.47. The van der Waals surface area contributed by atoms with Gasteiger partial charge in [0, 0.05) is 9.85 Å². The number of nitrogens with zero attached hydrogens (tertiary/aromatic N) is 2. The van der Waals surface area contributed by atoms with E-state index in [1.165, 1.54) is 18.3 Å². The summed E-state index contributed by atoms with van der Waals surface area (Å²) in [6, 6.07) is 1.91. The summed E-state index contributed by atoms with van der Waals surface area (Å²) in [5, 5.41) is 5.80. The van der Waals surface area contributed by atoms with Gasteiger partial charge in [-0.3, -0.25) is 4.79 Å². The van der Waals surface area contributed by atoms with Crippen LogP contribution in [0.3, 0.4) is 0 Å². The van der Waals surface area contributed by atoms with Gasteiger partial charge in [0.25, 0.3) is 0 Å². The molecule has 2 aromatic rings. The lowest BCUT2D eigenvalue weighted by Crippen LogP contribution is -2.04. The van der Waals surface area contributed by atoms with E-state index >= 15 is 0 Å². The SMILES string of the molecule is CC(=O)C(C)c1nc(-c2cc(Br)cs2)no1. The van der Waals surface area contributed by atoms with Crippen LogP contribution in [0.1, 0.15) is 25.7 Å². The highest BCUT2D eigenvalue weighted by molar-refractivity contribution is 9.10.